The minimum atomic E-state index is 0.206. The third-order valence-corrected chi connectivity index (χ3v) is 4.79. The van der Waals surface area contributed by atoms with Gasteiger partial charge in [0.1, 0.15) is 0 Å². The molecule has 0 saturated carbocycles. The van der Waals surface area contributed by atoms with Crippen LogP contribution in [0.5, 0.6) is 0 Å². The van der Waals surface area contributed by atoms with Crippen LogP contribution < -0.4 is 5.32 Å². The molecule has 0 aromatic carbocycles. The summed E-state index contributed by atoms with van der Waals surface area (Å²) in [5.74, 6) is 0. The number of nitrogens with zero attached hydrogens (tertiary/aromatic N) is 3. The van der Waals surface area contributed by atoms with Crippen molar-refractivity contribution in [3.8, 4) is 0 Å². The van der Waals surface area contributed by atoms with Crippen LogP contribution in [0.2, 0.25) is 0 Å². The number of aryl methyl sites for hydroxylation is 2. The van der Waals surface area contributed by atoms with E-state index in [-0.39, 0.29) is 6.04 Å². The molecule has 1 unspecified atom stereocenters. The van der Waals surface area contributed by atoms with Crippen LogP contribution in [0.1, 0.15) is 29.9 Å². The highest BCUT2D eigenvalue weighted by Gasteiger charge is 2.18. The summed E-state index contributed by atoms with van der Waals surface area (Å²) >= 11 is 7.13. The SMILES string of the molecule is CCn1nc(C)c(Br)c1CC(NC)c1cncc(Br)c1. The zero-order valence-electron chi connectivity index (χ0n) is 11.8. The summed E-state index contributed by atoms with van der Waals surface area (Å²) in [6, 6.07) is 2.30. The summed E-state index contributed by atoms with van der Waals surface area (Å²) in [4.78, 5) is 4.24. The van der Waals surface area contributed by atoms with Gasteiger partial charge in [-0.3, -0.25) is 9.67 Å². The lowest BCUT2D eigenvalue weighted by Gasteiger charge is -2.17. The van der Waals surface area contributed by atoms with E-state index in [0.29, 0.717) is 0 Å². The number of likely N-dealkylation sites (N-methyl/N-ethyl adjacent to an activating group) is 1. The molecule has 0 aliphatic rings. The number of aromatic nitrogens is 3. The first-order chi connectivity index (χ1) is 9.56. The normalized spacial score (nSPS) is 12.7. The van der Waals surface area contributed by atoms with E-state index >= 15 is 0 Å². The Kier molecular flexibility index (Phi) is 5.35. The Balaban J connectivity index is 2.31. The predicted octanol–water partition coefficient (Wildman–Crippen LogP) is 3.63. The fourth-order valence-electron chi connectivity index (χ4n) is 2.26. The molecule has 0 amide bonds. The largest absolute Gasteiger partial charge is 0.313 e. The van der Waals surface area contributed by atoms with Gasteiger partial charge in [-0.2, -0.15) is 5.10 Å². The van der Waals surface area contributed by atoms with Gasteiger partial charge in [-0.1, -0.05) is 0 Å². The van der Waals surface area contributed by atoms with Crippen molar-refractivity contribution in [2.24, 2.45) is 0 Å². The van der Waals surface area contributed by atoms with Crippen molar-refractivity contribution in [3.63, 3.8) is 0 Å². The average molecular weight is 402 g/mol. The van der Waals surface area contributed by atoms with Crippen molar-refractivity contribution < 1.29 is 0 Å². The molecule has 0 spiro atoms. The average Bonchev–Trinajstić information content (AvgIpc) is 2.71. The smallest absolute Gasteiger partial charge is 0.0738 e. The van der Waals surface area contributed by atoms with Gasteiger partial charge in [-0.15, -0.1) is 0 Å². The van der Waals surface area contributed by atoms with E-state index in [1.807, 2.05) is 20.2 Å². The van der Waals surface area contributed by atoms with Gasteiger partial charge in [-0.25, -0.2) is 0 Å². The second kappa shape index (κ2) is 6.83. The van der Waals surface area contributed by atoms with Crippen molar-refractivity contribution >= 4 is 31.9 Å². The fourth-order valence-corrected chi connectivity index (χ4v) is 3.09. The van der Waals surface area contributed by atoms with Crippen LogP contribution in [0.4, 0.5) is 0 Å². The quantitative estimate of drug-likeness (QED) is 0.831. The third-order valence-electron chi connectivity index (χ3n) is 3.33. The lowest BCUT2D eigenvalue weighted by Crippen LogP contribution is -2.21. The molecule has 108 valence electrons. The summed E-state index contributed by atoms with van der Waals surface area (Å²) in [5, 5.41) is 7.90. The molecule has 2 aromatic rings. The van der Waals surface area contributed by atoms with Crippen LogP contribution in [0, 0.1) is 6.92 Å². The van der Waals surface area contributed by atoms with Crippen LogP contribution >= 0.6 is 31.9 Å². The molecule has 0 aliphatic carbocycles. The van der Waals surface area contributed by atoms with E-state index in [4.69, 9.17) is 0 Å². The van der Waals surface area contributed by atoms with Gasteiger partial charge in [0.05, 0.1) is 15.9 Å². The minimum absolute atomic E-state index is 0.206. The van der Waals surface area contributed by atoms with Crippen molar-refractivity contribution in [2.75, 3.05) is 7.05 Å². The highest BCUT2D eigenvalue weighted by Crippen LogP contribution is 2.27. The molecule has 2 rings (SSSR count). The molecule has 4 nitrogen and oxygen atoms in total. The Morgan fingerprint density at radius 2 is 2.10 bits per heavy atom. The lowest BCUT2D eigenvalue weighted by atomic mass is 10.0. The standard InChI is InChI=1S/C14H18Br2N4/c1-4-20-13(14(16)9(2)19-20)6-12(17-3)10-5-11(15)8-18-7-10/h5,7-8,12,17H,4,6H2,1-3H3. The van der Waals surface area contributed by atoms with E-state index in [1.165, 1.54) is 5.69 Å². The van der Waals surface area contributed by atoms with Gasteiger partial charge in [0.25, 0.3) is 0 Å². The van der Waals surface area contributed by atoms with Gasteiger partial charge in [0.2, 0.25) is 0 Å². The molecule has 20 heavy (non-hydrogen) atoms. The van der Waals surface area contributed by atoms with Crippen molar-refractivity contribution in [2.45, 2.75) is 32.9 Å². The molecule has 0 saturated heterocycles. The molecule has 2 heterocycles. The van der Waals surface area contributed by atoms with Gasteiger partial charge < -0.3 is 5.32 Å². The van der Waals surface area contributed by atoms with Crippen molar-refractivity contribution in [3.05, 3.63) is 44.4 Å². The number of hydrogen-bond acceptors (Lipinski definition) is 3. The number of pyridine rings is 1. The first-order valence-corrected chi connectivity index (χ1v) is 8.14. The second-order valence-corrected chi connectivity index (χ2v) is 6.35. The highest BCUT2D eigenvalue weighted by atomic mass is 79.9. The van der Waals surface area contributed by atoms with E-state index < -0.39 is 0 Å². The summed E-state index contributed by atoms with van der Waals surface area (Å²) in [7, 11) is 1.97. The molecule has 0 bridgehead atoms. The maximum Gasteiger partial charge on any atom is 0.0738 e. The third kappa shape index (κ3) is 3.30. The Morgan fingerprint density at radius 3 is 2.70 bits per heavy atom. The summed E-state index contributed by atoms with van der Waals surface area (Å²) in [5.41, 5.74) is 3.41. The van der Waals surface area contributed by atoms with Crippen LogP contribution in [-0.2, 0) is 13.0 Å². The summed E-state index contributed by atoms with van der Waals surface area (Å²) in [6.45, 7) is 5.00. The Morgan fingerprint density at radius 1 is 1.35 bits per heavy atom. The zero-order valence-corrected chi connectivity index (χ0v) is 15.0. The zero-order chi connectivity index (χ0) is 14.7. The molecule has 1 atom stereocenters. The van der Waals surface area contributed by atoms with Gasteiger partial charge in [0, 0.05) is 35.9 Å². The molecule has 2 aromatic heterocycles. The highest BCUT2D eigenvalue weighted by molar-refractivity contribution is 9.10. The van der Waals surface area contributed by atoms with E-state index in [0.717, 1.165) is 33.2 Å². The number of nitrogens with one attached hydrogen (secondary N) is 1. The van der Waals surface area contributed by atoms with Crippen LogP contribution in [0.15, 0.2) is 27.4 Å². The number of rotatable bonds is 5. The number of hydrogen-bond donors (Lipinski definition) is 1. The van der Waals surface area contributed by atoms with Gasteiger partial charge >= 0.3 is 0 Å². The minimum Gasteiger partial charge on any atom is -0.313 e. The molecule has 0 aliphatic heterocycles. The Bertz CT molecular complexity index is 595. The molecule has 0 fully saturated rings. The summed E-state index contributed by atoms with van der Waals surface area (Å²) in [6.07, 6.45) is 4.57. The Hall–Kier alpha value is -0.720. The van der Waals surface area contributed by atoms with E-state index in [9.17, 15) is 0 Å². The van der Waals surface area contributed by atoms with Crippen molar-refractivity contribution in [1.82, 2.24) is 20.1 Å². The molecule has 1 N–H and O–H groups in total. The number of halogens is 2. The topological polar surface area (TPSA) is 42.7 Å². The maximum absolute atomic E-state index is 4.54. The van der Waals surface area contributed by atoms with Gasteiger partial charge in [-0.05, 0) is 64.4 Å². The molecule has 6 heteroatoms. The molecule has 0 radical (unpaired) electrons. The fraction of sp³-hybridized carbons (Fsp3) is 0.429. The van der Waals surface area contributed by atoms with Crippen LogP contribution in [-0.4, -0.2) is 21.8 Å². The monoisotopic (exact) mass is 400 g/mol. The molecular weight excluding hydrogens is 384 g/mol. The Labute approximate surface area is 136 Å². The lowest BCUT2D eigenvalue weighted by molar-refractivity contribution is 0.538. The van der Waals surface area contributed by atoms with E-state index in [2.05, 4.69) is 64.9 Å². The van der Waals surface area contributed by atoms with Crippen LogP contribution in [0.3, 0.4) is 0 Å². The van der Waals surface area contributed by atoms with E-state index in [1.54, 1.807) is 6.20 Å². The predicted molar refractivity (Wildman–Crippen MR) is 87.8 cm³/mol. The first-order valence-electron chi connectivity index (χ1n) is 6.56. The maximum atomic E-state index is 4.54. The van der Waals surface area contributed by atoms with Gasteiger partial charge in [0.15, 0.2) is 0 Å². The van der Waals surface area contributed by atoms with Crippen LogP contribution in [0.25, 0.3) is 0 Å². The second-order valence-electron chi connectivity index (χ2n) is 4.64. The van der Waals surface area contributed by atoms with Crippen molar-refractivity contribution in [1.29, 1.82) is 0 Å². The molecular formula is C14H18Br2N4. The first kappa shape index (κ1) is 15.7. The summed E-state index contributed by atoms with van der Waals surface area (Å²) < 4.78 is 4.15.